The number of pyridine rings is 1. The van der Waals surface area contributed by atoms with E-state index in [1.54, 1.807) is 16.8 Å². The zero-order valence-electron chi connectivity index (χ0n) is 14.9. The van der Waals surface area contributed by atoms with E-state index < -0.39 is 0 Å². The van der Waals surface area contributed by atoms with E-state index in [0.717, 1.165) is 22.2 Å². The Balaban J connectivity index is 1.44. The predicted molar refractivity (Wildman–Crippen MR) is 109 cm³/mol. The van der Waals surface area contributed by atoms with Gasteiger partial charge in [-0.25, -0.2) is 14.5 Å². The lowest BCUT2D eigenvalue weighted by molar-refractivity contribution is 0.488. The minimum Gasteiger partial charge on any atom is -0.452 e. The van der Waals surface area contributed by atoms with Gasteiger partial charge in [0.05, 0.1) is 16.7 Å². The van der Waals surface area contributed by atoms with Gasteiger partial charge in [0, 0.05) is 25.1 Å². The molecule has 0 bridgehead atoms. The predicted octanol–water partition coefficient (Wildman–Crippen LogP) is 4.81. The van der Waals surface area contributed by atoms with Crippen LogP contribution < -0.4 is 10.1 Å². The first-order chi connectivity index (χ1) is 13.7. The third kappa shape index (κ3) is 2.82. The van der Waals surface area contributed by atoms with Crippen LogP contribution in [0.1, 0.15) is 0 Å². The first kappa shape index (κ1) is 16.6. The van der Waals surface area contributed by atoms with Crippen molar-refractivity contribution in [3.63, 3.8) is 0 Å². The molecule has 8 heteroatoms. The molecule has 4 heterocycles. The van der Waals surface area contributed by atoms with Gasteiger partial charge < -0.3 is 14.6 Å². The van der Waals surface area contributed by atoms with Crippen molar-refractivity contribution in [3.8, 4) is 11.5 Å². The fourth-order valence-corrected chi connectivity index (χ4v) is 3.34. The van der Waals surface area contributed by atoms with Crippen molar-refractivity contribution in [1.82, 2.24) is 24.1 Å². The van der Waals surface area contributed by atoms with Crippen molar-refractivity contribution in [3.05, 3.63) is 72.4 Å². The molecule has 1 N–H and O–H groups in total. The van der Waals surface area contributed by atoms with Gasteiger partial charge in [-0.3, -0.25) is 0 Å². The molecule has 138 valence electrons. The highest BCUT2D eigenvalue weighted by Crippen LogP contribution is 2.34. The molecule has 0 saturated heterocycles. The minimum atomic E-state index is 0.484. The Morgan fingerprint density at radius 3 is 2.86 bits per heavy atom. The van der Waals surface area contributed by atoms with Crippen LogP contribution in [0.4, 0.5) is 11.5 Å². The van der Waals surface area contributed by atoms with Crippen molar-refractivity contribution < 1.29 is 4.74 Å². The van der Waals surface area contributed by atoms with Crippen molar-refractivity contribution in [2.45, 2.75) is 0 Å². The molecular weight excluding hydrogens is 376 g/mol. The van der Waals surface area contributed by atoms with Crippen molar-refractivity contribution in [1.29, 1.82) is 0 Å². The Hall–Kier alpha value is -3.58. The number of hydrogen-bond acceptors (Lipinski definition) is 5. The average Bonchev–Trinajstić information content (AvgIpc) is 3.29. The number of aryl methyl sites for hydroxylation is 1. The molecular formula is C20H15ClN6O. The molecule has 0 spiro atoms. The average molecular weight is 391 g/mol. The van der Waals surface area contributed by atoms with E-state index in [9.17, 15) is 0 Å². The molecule has 1 aromatic carbocycles. The summed E-state index contributed by atoms with van der Waals surface area (Å²) >= 11 is 6.46. The molecule has 7 nitrogen and oxygen atoms in total. The number of nitrogens with zero attached hydrogens (tertiary/aromatic N) is 5. The van der Waals surface area contributed by atoms with Gasteiger partial charge in [0.1, 0.15) is 23.1 Å². The highest BCUT2D eigenvalue weighted by Gasteiger charge is 2.11. The number of fused-ring (bicyclic) bond motifs is 2. The summed E-state index contributed by atoms with van der Waals surface area (Å²) in [6.45, 7) is 0. The highest BCUT2D eigenvalue weighted by molar-refractivity contribution is 6.32. The highest BCUT2D eigenvalue weighted by atomic mass is 35.5. The molecule has 0 amide bonds. The van der Waals surface area contributed by atoms with E-state index in [1.807, 2.05) is 60.4 Å². The maximum Gasteiger partial charge on any atom is 0.173 e. The number of hydrogen-bond donors (Lipinski definition) is 1. The maximum atomic E-state index is 6.46. The van der Waals surface area contributed by atoms with Gasteiger partial charge in [-0.15, -0.1) is 0 Å². The fraction of sp³-hybridized carbons (Fsp3) is 0.0500. The van der Waals surface area contributed by atoms with Crippen LogP contribution in [0.25, 0.3) is 16.6 Å². The van der Waals surface area contributed by atoms with Crippen LogP contribution in [0.15, 0.2) is 67.4 Å². The molecule has 0 aliphatic carbocycles. The fourth-order valence-electron chi connectivity index (χ4n) is 3.12. The second-order valence-electron chi connectivity index (χ2n) is 6.29. The molecule has 4 aromatic heterocycles. The van der Waals surface area contributed by atoms with Gasteiger partial charge in [0.15, 0.2) is 11.6 Å². The first-order valence-electron chi connectivity index (χ1n) is 8.62. The molecule has 0 saturated carbocycles. The Labute approximate surface area is 165 Å². The summed E-state index contributed by atoms with van der Waals surface area (Å²) in [5.41, 5.74) is 3.47. The van der Waals surface area contributed by atoms with Gasteiger partial charge >= 0.3 is 0 Å². The number of anilines is 2. The maximum absolute atomic E-state index is 6.46. The first-order valence-corrected chi connectivity index (χ1v) is 9.00. The normalized spacial score (nSPS) is 11.2. The van der Waals surface area contributed by atoms with Gasteiger partial charge in [-0.05, 0) is 36.4 Å². The monoisotopic (exact) mass is 390 g/mol. The molecule has 0 aliphatic rings. The minimum absolute atomic E-state index is 0.484. The number of ether oxygens (including phenoxy) is 1. The number of nitrogens with one attached hydrogen (secondary N) is 1. The number of benzene rings is 1. The lowest BCUT2D eigenvalue weighted by Gasteiger charge is -2.11. The molecule has 0 aliphatic heterocycles. The Kier molecular flexibility index (Phi) is 3.87. The summed E-state index contributed by atoms with van der Waals surface area (Å²) in [4.78, 5) is 8.63. The second kappa shape index (κ2) is 6.54. The van der Waals surface area contributed by atoms with Gasteiger partial charge in [0.25, 0.3) is 0 Å². The van der Waals surface area contributed by atoms with E-state index >= 15 is 0 Å². The topological polar surface area (TPSA) is 69.3 Å². The Morgan fingerprint density at radius 1 is 1.04 bits per heavy atom. The Morgan fingerprint density at radius 2 is 1.96 bits per heavy atom. The number of aromatic nitrogens is 5. The van der Waals surface area contributed by atoms with E-state index in [1.165, 1.54) is 6.33 Å². The smallest absolute Gasteiger partial charge is 0.173 e. The molecule has 28 heavy (non-hydrogen) atoms. The van der Waals surface area contributed by atoms with Gasteiger partial charge in [0.2, 0.25) is 0 Å². The number of rotatable bonds is 4. The van der Waals surface area contributed by atoms with E-state index in [2.05, 4.69) is 20.4 Å². The van der Waals surface area contributed by atoms with Crippen LogP contribution in [-0.4, -0.2) is 24.1 Å². The SMILES string of the molecule is Cn1ccc2ncnc(Nc3ccc(Oc4cnn5ccccc45)c(Cl)c3)c21. The second-order valence-corrected chi connectivity index (χ2v) is 6.70. The van der Waals surface area contributed by atoms with Crippen LogP contribution in [0.5, 0.6) is 11.5 Å². The van der Waals surface area contributed by atoms with Crippen molar-refractivity contribution in [2.24, 2.45) is 7.05 Å². The summed E-state index contributed by atoms with van der Waals surface area (Å²) in [5.74, 6) is 1.91. The third-order valence-corrected chi connectivity index (χ3v) is 4.76. The standard InChI is InChI=1S/C20H15ClN6O/c1-26-9-7-15-19(26)20(23-12-22-15)25-13-5-6-17(14(21)10-13)28-18-11-24-27-8-3-2-4-16(18)27/h2-12H,1H3,(H,22,23,25). The lowest BCUT2D eigenvalue weighted by Crippen LogP contribution is -1.98. The summed E-state index contributed by atoms with van der Waals surface area (Å²) in [5, 5.41) is 8.06. The van der Waals surface area contributed by atoms with Gasteiger partial charge in [-0.1, -0.05) is 17.7 Å². The van der Waals surface area contributed by atoms with Crippen LogP contribution in [0.3, 0.4) is 0 Å². The lowest BCUT2D eigenvalue weighted by atomic mass is 10.3. The van der Waals surface area contributed by atoms with E-state index in [0.29, 0.717) is 22.3 Å². The summed E-state index contributed by atoms with van der Waals surface area (Å²) in [7, 11) is 1.96. The van der Waals surface area contributed by atoms with E-state index in [-0.39, 0.29) is 0 Å². The van der Waals surface area contributed by atoms with Crippen LogP contribution >= 0.6 is 11.6 Å². The van der Waals surface area contributed by atoms with Gasteiger partial charge in [-0.2, -0.15) is 5.10 Å². The Bertz CT molecular complexity index is 1310. The molecule has 0 radical (unpaired) electrons. The zero-order chi connectivity index (χ0) is 19.1. The molecule has 0 fully saturated rings. The largest absolute Gasteiger partial charge is 0.452 e. The molecule has 5 rings (SSSR count). The zero-order valence-corrected chi connectivity index (χ0v) is 15.6. The van der Waals surface area contributed by atoms with Crippen LogP contribution in [0.2, 0.25) is 5.02 Å². The molecule has 0 atom stereocenters. The summed E-state index contributed by atoms with van der Waals surface area (Å²) in [6.07, 6.45) is 7.02. The van der Waals surface area contributed by atoms with Crippen molar-refractivity contribution in [2.75, 3.05) is 5.32 Å². The summed E-state index contributed by atoms with van der Waals surface area (Å²) < 4.78 is 9.70. The quantitative estimate of drug-likeness (QED) is 0.477. The third-order valence-electron chi connectivity index (χ3n) is 4.46. The summed E-state index contributed by atoms with van der Waals surface area (Å²) in [6, 6.07) is 13.2. The number of halogens is 1. The van der Waals surface area contributed by atoms with E-state index in [4.69, 9.17) is 16.3 Å². The molecule has 5 aromatic rings. The van der Waals surface area contributed by atoms with Crippen LogP contribution in [0, 0.1) is 0 Å². The van der Waals surface area contributed by atoms with Crippen molar-refractivity contribution >= 4 is 39.7 Å². The van der Waals surface area contributed by atoms with Crippen LogP contribution in [-0.2, 0) is 7.05 Å². The molecule has 0 unspecified atom stereocenters.